The van der Waals surface area contributed by atoms with Crippen LogP contribution in [-0.4, -0.2) is 44.6 Å². The Hall–Kier alpha value is -2.41. The van der Waals surface area contributed by atoms with Gasteiger partial charge >= 0.3 is 6.03 Å². The first-order valence-electron chi connectivity index (χ1n) is 9.94. The summed E-state index contributed by atoms with van der Waals surface area (Å²) in [5.74, 6) is 0. The number of hydrogen-bond acceptors (Lipinski definition) is 4. The first kappa shape index (κ1) is 21.3. The van der Waals surface area contributed by atoms with Crippen LogP contribution in [0, 0.1) is 0 Å². The molecule has 29 heavy (non-hydrogen) atoms. The summed E-state index contributed by atoms with van der Waals surface area (Å²) in [6, 6.07) is 13.5. The van der Waals surface area contributed by atoms with Crippen LogP contribution in [0.25, 0.3) is 11.1 Å². The van der Waals surface area contributed by atoms with E-state index >= 15 is 0 Å². The zero-order valence-electron chi connectivity index (χ0n) is 17.5. The molecule has 1 aliphatic rings. The molecule has 0 fully saturated rings. The highest BCUT2D eigenvalue weighted by Crippen LogP contribution is 2.55. The number of methoxy groups -OCH3 is 1. The van der Waals surface area contributed by atoms with Crippen LogP contribution in [0.15, 0.2) is 42.5 Å². The van der Waals surface area contributed by atoms with E-state index in [9.17, 15) is 9.90 Å². The minimum Gasteiger partial charge on any atom is -0.382 e. The second-order valence-corrected chi connectivity index (χ2v) is 7.90. The number of urea groups is 1. The summed E-state index contributed by atoms with van der Waals surface area (Å²) in [5.41, 5.74) is 2.55. The maximum absolute atomic E-state index is 12.2. The highest BCUT2D eigenvalue weighted by Gasteiger charge is 2.56. The Balaban J connectivity index is 1.96. The number of fused-ring (bicyclic) bond motifs is 1. The molecule has 0 spiro atoms. The lowest BCUT2D eigenvalue weighted by Gasteiger charge is -2.26. The van der Waals surface area contributed by atoms with Gasteiger partial charge in [0.05, 0.1) is 19.8 Å². The van der Waals surface area contributed by atoms with Crippen molar-refractivity contribution in [3.05, 3.63) is 59.2 Å². The maximum atomic E-state index is 12.2. The molecule has 0 saturated heterocycles. The fourth-order valence-corrected chi connectivity index (χ4v) is 3.73. The van der Waals surface area contributed by atoms with Crippen molar-refractivity contribution in [3.63, 3.8) is 0 Å². The van der Waals surface area contributed by atoms with Crippen molar-refractivity contribution in [2.75, 3.05) is 33.5 Å². The van der Waals surface area contributed by atoms with Crippen LogP contribution < -0.4 is 10.6 Å². The van der Waals surface area contributed by atoms with E-state index in [2.05, 4.69) is 24.5 Å². The third-order valence-electron chi connectivity index (χ3n) is 5.21. The third kappa shape index (κ3) is 4.29. The van der Waals surface area contributed by atoms with Crippen LogP contribution in [0.4, 0.5) is 4.79 Å². The Morgan fingerprint density at radius 3 is 2.48 bits per heavy atom. The van der Waals surface area contributed by atoms with E-state index in [1.807, 2.05) is 49.4 Å². The van der Waals surface area contributed by atoms with Gasteiger partial charge in [-0.25, -0.2) is 4.79 Å². The average Bonchev–Trinajstić information content (AvgIpc) is 3.30. The molecular weight excluding hydrogens is 368 g/mol. The molecule has 0 radical (unpaired) electrons. The molecule has 0 aromatic heterocycles. The topological polar surface area (TPSA) is 79.8 Å². The molecule has 1 unspecified atom stereocenters. The van der Waals surface area contributed by atoms with Gasteiger partial charge in [0.1, 0.15) is 0 Å². The molecular formula is C23H30N2O4. The van der Waals surface area contributed by atoms with Gasteiger partial charge in [0.15, 0.2) is 5.72 Å². The number of benzene rings is 2. The molecule has 3 rings (SSSR count). The maximum Gasteiger partial charge on any atom is 0.317 e. The standard InChI is InChI=1S/C23H30N2O4/c1-5-24-21(26)25-23(27)19-17(16-9-7-6-8-10-16)11-12-18(20(19)23)22(2,3)15-29-14-13-28-4/h6-12,27H,5,13-15H2,1-4H3,(H2,24,25,26). The van der Waals surface area contributed by atoms with Crippen LogP contribution in [0.5, 0.6) is 0 Å². The zero-order valence-corrected chi connectivity index (χ0v) is 17.5. The number of carbonyl (C=O) groups excluding carboxylic acids is 1. The lowest BCUT2D eigenvalue weighted by molar-refractivity contribution is 0.0475. The fourth-order valence-electron chi connectivity index (χ4n) is 3.73. The molecule has 2 aromatic carbocycles. The summed E-state index contributed by atoms with van der Waals surface area (Å²) in [7, 11) is 1.64. The van der Waals surface area contributed by atoms with Gasteiger partial charge in [-0.1, -0.05) is 56.3 Å². The fraction of sp³-hybridized carbons (Fsp3) is 0.435. The molecule has 0 saturated carbocycles. The summed E-state index contributed by atoms with van der Waals surface area (Å²) in [6.45, 7) is 7.98. The quantitative estimate of drug-likeness (QED) is 0.448. The molecule has 0 bridgehead atoms. The number of rotatable bonds is 9. The van der Waals surface area contributed by atoms with Crippen molar-refractivity contribution in [1.82, 2.24) is 10.6 Å². The normalized spacial score (nSPS) is 17.6. The summed E-state index contributed by atoms with van der Waals surface area (Å²) < 4.78 is 10.8. The van der Waals surface area contributed by atoms with Crippen LogP contribution in [0.3, 0.4) is 0 Å². The lowest BCUT2D eigenvalue weighted by Crippen LogP contribution is -2.43. The van der Waals surface area contributed by atoms with Gasteiger partial charge in [0, 0.05) is 30.2 Å². The lowest BCUT2D eigenvalue weighted by atomic mass is 9.84. The van der Waals surface area contributed by atoms with Gasteiger partial charge in [-0.2, -0.15) is 0 Å². The predicted molar refractivity (Wildman–Crippen MR) is 113 cm³/mol. The highest BCUT2D eigenvalue weighted by molar-refractivity contribution is 5.85. The zero-order chi connectivity index (χ0) is 21.1. The molecule has 6 heteroatoms. The first-order chi connectivity index (χ1) is 13.8. The van der Waals surface area contributed by atoms with E-state index in [-0.39, 0.29) is 5.41 Å². The number of nitrogens with one attached hydrogen (secondary N) is 2. The first-order valence-corrected chi connectivity index (χ1v) is 9.94. The molecule has 6 nitrogen and oxygen atoms in total. The van der Waals surface area contributed by atoms with E-state index < -0.39 is 11.8 Å². The average molecular weight is 399 g/mol. The molecule has 1 aliphatic carbocycles. The number of aliphatic hydroxyl groups is 1. The summed E-state index contributed by atoms with van der Waals surface area (Å²) in [6.07, 6.45) is 0. The van der Waals surface area contributed by atoms with E-state index in [0.717, 1.165) is 27.8 Å². The van der Waals surface area contributed by atoms with E-state index in [4.69, 9.17) is 9.47 Å². The second-order valence-electron chi connectivity index (χ2n) is 7.90. The monoisotopic (exact) mass is 398 g/mol. The van der Waals surface area contributed by atoms with E-state index in [1.165, 1.54) is 0 Å². The Morgan fingerprint density at radius 2 is 1.83 bits per heavy atom. The Morgan fingerprint density at radius 1 is 1.10 bits per heavy atom. The van der Waals surface area contributed by atoms with Crippen molar-refractivity contribution in [3.8, 4) is 11.1 Å². The highest BCUT2D eigenvalue weighted by atomic mass is 16.5. The summed E-state index contributed by atoms with van der Waals surface area (Å²) in [4.78, 5) is 12.2. The minimum atomic E-state index is -1.48. The van der Waals surface area contributed by atoms with Crippen LogP contribution in [0.2, 0.25) is 0 Å². The van der Waals surface area contributed by atoms with Crippen molar-refractivity contribution in [1.29, 1.82) is 0 Å². The number of hydrogen-bond donors (Lipinski definition) is 3. The molecule has 156 valence electrons. The number of amides is 2. The Kier molecular flexibility index (Phi) is 6.27. The SMILES string of the molecule is CCNC(=O)NC1(O)c2c(-c3ccccc3)ccc(C(C)(C)COCCOC)c21. The van der Waals surface area contributed by atoms with Crippen molar-refractivity contribution in [2.45, 2.75) is 31.9 Å². The summed E-state index contributed by atoms with van der Waals surface area (Å²) >= 11 is 0. The largest absolute Gasteiger partial charge is 0.382 e. The molecule has 1 atom stereocenters. The molecule has 2 aromatic rings. The molecule has 0 aliphatic heterocycles. The Bertz CT molecular complexity index is 867. The summed E-state index contributed by atoms with van der Waals surface area (Å²) in [5, 5.41) is 16.8. The molecule has 0 heterocycles. The number of ether oxygens (including phenoxy) is 2. The van der Waals surface area contributed by atoms with Crippen LogP contribution >= 0.6 is 0 Å². The molecule has 3 N–H and O–H groups in total. The van der Waals surface area contributed by atoms with Gasteiger partial charge in [0.25, 0.3) is 0 Å². The van der Waals surface area contributed by atoms with Gasteiger partial charge in [-0.05, 0) is 23.6 Å². The second kappa shape index (κ2) is 8.53. The van der Waals surface area contributed by atoms with Gasteiger partial charge in [0.2, 0.25) is 0 Å². The smallest absolute Gasteiger partial charge is 0.317 e. The van der Waals surface area contributed by atoms with E-state index in [1.54, 1.807) is 7.11 Å². The van der Waals surface area contributed by atoms with Gasteiger partial charge in [-0.3, -0.25) is 0 Å². The minimum absolute atomic E-state index is 0.347. The van der Waals surface area contributed by atoms with Crippen molar-refractivity contribution in [2.24, 2.45) is 0 Å². The third-order valence-corrected chi connectivity index (χ3v) is 5.21. The van der Waals surface area contributed by atoms with Crippen molar-refractivity contribution < 1.29 is 19.4 Å². The van der Waals surface area contributed by atoms with Gasteiger partial charge in [-0.15, -0.1) is 0 Å². The van der Waals surface area contributed by atoms with Crippen molar-refractivity contribution >= 4 is 6.03 Å². The Labute approximate surface area is 172 Å². The van der Waals surface area contributed by atoms with Crippen LogP contribution in [-0.2, 0) is 20.6 Å². The van der Waals surface area contributed by atoms with E-state index in [0.29, 0.717) is 26.4 Å². The molecule has 2 amide bonds. The van der Waals surface area contributed by atoms with Crippen LogP contribution in [0.1, 0.15) is 37.5 Å². The van der Waals surface area contributed by atoms with Gasteiger partial charge < -0.3 is 25.2 Å². The predicted octanol–water partition coefficient (Wildman–Crippen LogP) is 3.12. The number of carbonyl (C=O) groups is 1.